The van der Waals surface area contributed by atoms with E-state index in [2.05, 4.69) is 5.32 Å². The molecule has 1 heterocycles. The SMILES string of the molecule is CC1(C)CC(O)(C(F)(F)F)C(Nc2cccc3c2ccc(=O)n3-c2ccc(Cl)cc2)c2ccc(Cl)c(O)c21. The van der Waals surface area contributed by atoms with Crippen molar-refractivity contribution in [1.29, 1.82) is 0 Å². The van der Waals surface area contributed by atoms with Gasteiger partial charge in [-0.3, -0.25) is 9.36 Å². The monoisotopic (exact) mass is 562 g/mol. The van der Waals surface area contributed by atoms with Gasteiger partial charge < -0.3 is 15.5 Å². The molecule has 0 radical (unpaired) electrons. The number of nitrogens with zero attached hydrogens (tertiary/aromatic N) is 1. The van der Waals surface area contributed by atoms with Crippen molar-refractivity contribution in [2.24, 2.45) is 0 Å². The quantitative estimate of drug-likeness (QED) is 0.248. The van der Waals surface area contributed by atoms with Crippen molar-refractivity contribution < 1.29 is 23.4 Å². The molecule has 0 bridgehead atoms. The number of fused-ring (bicyclic) bond motifs is 2. The van der Waals surface area contributed by atoms with Crippen LogP contribution in [0.3, 0.4) is 0 Å². The number of hydrogen-bond donors (Lipinski definition) is 3. The van der Waals surface area contributed by atoms with Gasteiger partial charge in [-0.1, -0.05) is 49.2 Å². The molecule has 0 amide bonds. The zero-order valence-electron chi connectivity index (χ0n) is 20.3. The highest BCUT2D eigenvalue weighted by molar-refractivity contribution is 6.32. The van der Waals surface area contributed by atoms with Crippen molar-refractivity contribution in [2.45, 2.75) is 43.5 Å². The lowest BCUT2D eigenvalue weighted by molar-refractivity contribution is -0.275. The normalized spacial score (nSPS) is 20.8. The first-order chi connectivity index (χ1) is 17.7. The van der Waals surface area contributed by atoms with Gasteiger partial charge >= 0.3 is 6.18 Å². The molecule has 0 spiro atoms. The Morgan fingerprint density at radius 2 is 1.68 bits per heavy atom. The van der Waals surface area contributed by atoms with Crippen LogP contribution in [0.4, 0.5) is 18.9 Å². The van der Waals surface area contributed by atoms with Gasteiger partial charge in [0.2, 0.25) is 0 Å². The fourth-order valence-corrected chi connectivity index (χ4v) is 5.81. The number of rotatable bonds is 3. The van der Waals surface area contributed by atoms with E-state index in [-0.39, 0.29) is 33.1 Å². The van der Waals surface area contributed by atoms with E-state index in [9.17, 15) is 28.2 Å². The summed E-state index contributed by atoms with van der Waals surface area (Å²) < 4.78 is 45.1. The highest BCUT2D eigenvalue weighted by Gasteiger charge is 2.64. The average molecular weight is 563 g/mol. The number of halogens is 5. The number of nitrogens with one attached hydrogen (secondary N) is 1. The number of aliphatic hydroxyl groups is 1. The fraction of sp³-hybridized carbons (Fsp3) is 0.250. The molecule has 2 unspecified atom stereocenters. The molecule has 10 heteroatoms. The minimum atomic E-state index is -5.01. The van der Waals surface area contributed by atoms with E-state index in [0.717, 1.165) is 0 Å². The summed E-state index contributed by atoms with van der Waals surface area (Å²) in [5, 5.41) is 25.9. The molecule has 38 heavy (non-hydrogen) atoms. The summed E-state index contributed by atoms with van der Waals surface area (Å²) >= 11 is 12.1. The molecule has 0 saturated carbocycles. The lowest BCUT2D eigenvalue weighted by Gasteiger charge is -2.49. The molecule has 0 aliphatic heterocycles. The van der Waals surface area contributed by atoms with Gasteiger partial charge in [0, 0.05) is 33.4 Å². The molecule has 1 aliphatic carbocycles. The van der Waals surface area contributed by atoms with E-state index in [0.29, 0.717) is 21.6 Å². The summed E-state index contributed by atoms with van der Waals surface area (Å²) in [6.07, 6.45) is -5.73. The summed E-state index contributed by atoms with van der Waals surface area (Å²) in [7, 11) is 0. The number of pyridine rings is 1. The lowest BCUT2D eigenvalue weighted by Crippen LogP contribution is -2.58. The summed E-state index contributed by atoms with van der Waals surface area (Å²) in [6.45, 7) is 3.05. The largest absolute Gasteiger partial charge is 0.506 e. The van der Waals surface area contributed by atoms with E-state index in [4.69, 9.17) is 23.2 Å². The Bertz CT molecular complexity index is 1620. The third-order valence-electron chi connectivity index (χ3n) is 7.15. The zero-order valence-corrected chi connectivity index (χ0v) is 21.8. The van der Waals surface area contributed by atoms with Crippen LogP contribution < -0.4 is 10.9 Å². The Balaban J connectivity index is 1.73. The standard InChI is InChI=1S/C28H23Cl2F3N2O3/c1-26(2)14-27(38,28(31,32)33)25(18-10-12-19(30)24(37)23(18)26)34-20-4-3-5-21-17(20)11-13-22(36)35(21)16-8-6-15(29)7-9-16/h3-13,25,34,37-38H,14H2,1-2H3. The number of aromatic hydroxyl groups is 1. The Morgan fingerprint density at radius 3 is 2.34 bits per heavy atom. The van der Waals surface area contributed by atoms with Crippen molar-refractivity contribution >= 4 is 39.8 Å². The number of hydrogen-bond acceptors (Lipinski definition) is 4. The van der Waals surface area contributed by atoms with Gasteiger partial charge in [-0.25, -0.2) is 0 Å². The van der Waals surface area contributed by atoms with Crippen molar-refractivity contribution in [3.63, 3.8) is 0 Å². The molecule has 0 fully saturated rings. The minimum Gasteiger partial charge on any atom is -0.506 e. The minimum absolute atomic E-state index is 0.00478. The fourth-order valence-electron chi connectivity index (χ4n) is 5.52. The first kappa shape index (κ1) is 26.4. The van der Waals surface area contributed by atoms with E-state index < -0.39 is 29.7 Å². The molecule has 5 nitrogen and oxygen atoms in total. The lowest BCUT2D eigenvalue weighted by atomic mass is 9.63. The average Bonchev–Trinajstić information content (AvgIpc) is 2.83. The predicted octanol–water partition coefficient (Wildman–Crippen LogP) is 7.13. The second-order valence-electron chi connectivity index (χ2n) is 10.1. The van der Waals surface area contributed by atoms with Gasteiger partial charge in [0.25, 0.3) is 5.56 Å². The van der Waals surface area contributed by atoms with Crippen molar-refractivity contribution in [2.75, 3.05) is 5.32 Å². The Hall–Kier alpha value is -3.20. The summed E-state index contributed by atoms with van der Waals surface area (Å²) in [5.41, 5.74) is -3.24. The first-order valence-electron chi connectivity index (χ1n) is 11.7. The third-order valence-corrected chi connectivity index (χ3v) is 7.71. The molecule has 2 atom stereocenters. The van der Waals surface area contributed by atoms with Gasteiger partial charge in [-0.15, -0.1) is 0 Å². The van der Waals surface area contributed by atoms with Crippen LogP contribution in [0.15, 0.2) is 71.5 Å². The molecule has 3 N–H and O–H groups in total. The van der Waals surface area contributed by atoms with E-state index in [1.165, 1.54) is 42.7 Å². The van der Waals surface area contributed by atoms with Crippen LogP contribution in [0.2, 0.25) is 10.0 Å². The molecule has 5 rings (SSSR count). The van der Waals surface area contributed by atoms with Gasteiger partial charge in [-0.2, -0.15) is 13.2 Å². The van der Waals surface area contributed by atoms with E-state index in [1.807, 2.05) is 0 Å². The first-order valence-corrected chi connectivity index (χ1v) is 12.5. The Morgan fingerprint density at radius 1 is 1.00 bits per heavy atom. The molecular formula is C28H23Cl2F3N2O3. The Labute approximate surface area is 226 Å². The summed E-state index contributed by atoms with van der Waals surface area (Å²) in [4.78, 5) is 12.8. The van der Waals surface area contributed by atoms with Gasteiger partial charge in [0.1, 0.15) is 5.75 Å². The summed E-state index contributed by atoms with van der Waals surface area (Å²) in [5.74, 6) is -0.320. The van der Waals surface area contributed by atoms with E-state index >= 15 is 0 Å². The second kappa shape index (κ2) is 8.93. The van der Waals surface area contributed by atoms with Gasteiger partial charge in [0.05, 0.1) is 16.6 Å². The second-order valence-corrected chi connectivity index (χ2v) is 11.0. The van der Waals surface area contributed by atoms with Crippen LogP contribution in [0.25, 0.3) is 16.6 Å². The van der Waals surface area contributed by atoms with Crippen LogP contribution >= 0.6 is 23.2 Å². The number of aromatic nitrogens is 1. The van der Waals surface area contributed by atoms with Crippen molar-refractivity contribution in [3.05, 3.63) is 98.3 Å². The van der Waals surface area contributed by atoms with Crippen LogP contribution in [0, 0.1) is 0 Å². The maximum Gasteiger partial charge on any atom is 0.419 e. The van der Waals surface area contributed by atoms with E-state index in [1.54, 1.807) is 42.5 Å². The number of phenols is 1. The third kappa shape index (κ3) is 4.11. The van der Waals surface area contributed by atoms with Crippen molar-refractivity contribution in [3.8, 4) is 11.4 Å². The van der Waals surface area contributed by atoms with Crippen LogP contribution in [0.1, 0.15) is 37.4 Å². The molecular weight excluding hydrogens is 540 g/mol. The topological polar surface area (TPSA) is 74.5 Å². The summed E-state index contributed by atoms with van der Waals surface area (Å²) in [6, 6.07) is 15.3. The van der Waals surface area contributed by atoms with Gasteiger partial charge in [0.15, 0.2) is 5.60 Å². The zero-order chi connectivity index (χ0) is 27.6. The number of anilines is 1. The molecule has 1 aliphatic rings. The van der Waals surface area contributed by atoms with Gasteiger partial charge in [-0.05, 0) is 65.9 Å². The number of alkyl halides is 3. The predicted molar refractivity (Wildman–Crippen MR) is 143 cm³/mol. The van der Waals surface area contributed by atoms with Crippen molar-refractivity contribution in [1.82, 2.24) is 4.57 Å². The smallest absolute Gasteiger partial charge is 0.419 e. The molecule has 1 aromatic heterocycles. The maximum absolute atomic E-state index is 14.5. The maximum atomic E-state index is 14.5. The van der Waals surface area contributed by atoms with Crippen LogP contribution in [-0.2, 0) is 5.41 Å². The molecule has 3 aromatic carbocycles. The Kier molecular flexibility index (Phi) is 6.21. The van der Waals surface area contributed by atoms with Crippen LogP contribution in [-0.4, -0.2) is 26.6 Å². The number of benzene rings is 3. The molecule has 0 saturated heterocycles. The molecule has 4 aromatic rings. The van der Waals surface area contributed by atoms with Crippen LogP contribution in [0.5, 0.6) is 5.75 Å². The number of phenolic OH excluding ortho intramolecular Hbond substituents is 1. The molecule has 198 valence electrons. The highest BCUT2D eigenvalue weighted by Crippen LogP contribution is 2.57. The highest BCUT2D eigenvalue weighted by atomic mass is 35.5.